The maximum atomic E-state index is 4.39. The number of likely N-dealkylation sites (tertiary alicyclic amines) is 1. The Hall–Kier alpha value is -1.02. The fourth-order valence-corrected chi connectivity index (χ4v) is 3.98. The van der Waals surface area contributed by atoms with E-state index >= 15 is 0 Å². The van der Waals surface area contributed by atoms with Gasteiger partial charge in [0.15, 0.2) is 5.96 Å². The van der Waals surface area contributed by atoms with E-state index in [-0.39, 0.29) is 24.0 Å². The van der Waals surface area contributed by atoms with Crippen molar-refractivity contribution in [1.82, 2.24) is 15.5 Å². The molecule has 1 saturated carbocycles. The van der Waals surface area contributed by atoms with Gasteiger partial charge in [-0.1, -0.05) is 31.0 Å². The van der Waals surface area contributed by atoms with Gasteiger partial charge in [0.2, 0.25) is 0 Å². The topological polar surface area (TPSA) is 51.7 Å². The summed E-state index contributed by atoms with van der Waals surface area (Å²) in [5.74, 6) is 0.943. The van der Waals surface area contributed by atoms with Crippen LogP contribution in [0.15, 0.2) is 35.3 Å². The third-order valence-corrected chi connectivity index (χ3v) is 5.37. The predicted octanol–water partition coefficient (Wildman–Crippen LogP) is 3.29. The van der Waals surface area contributed by atoms with E-state index in [1.165, 1.54) is 50.9 Å². The Bertz CT molecular complexity index is 530. The van der Waals surface area contributed by atoms with Crippen LogP contribution in [0.3, 0.4) is 0 Å². The molecule has 0 amide bonds. The molecule has 2 aliphatic rings. The van der Waals surface area contributed by atoms with E-state index in [1.54, 1.807) is 0 Å². The van der Waals surface area contributed by atoms with E-state index in [1.807, 2.05) is 13.1 Å². The highest BCUT2D eigenvalue weighted by atomic mass is 127. The molecule has 1 unspecified atom stereocenters. The molecule has 26 heavy (non-hydrogen) atoms. The number of halogens is 1. The van der Waals surface area contributed by atoms with Crippen LogP contribution >= 0.6 is 24.0 Å². The van der Waals surface area contributed by atoms with Crippen molar-refractivity contribution in [3.05, 3.63) is 30.3 Å². The second-order valence-electron chi connectivity index (χ2n) is 7.21. The first kappa shape index (κ1) is 21.3. The monoisotopic (exact) mass is 471 g/mol. The van der Waals surface area contributed by atoms with Crippen LogP contribution < -0.4 is 16.0 Å². The smallest absolute Gasteiger partial charge is 0.191 e. The summed E-state index contributed by atoms with van der Waals surface area (Å²) >= 11 is 0. The molecule has 0 spiro atoms. The molecule has 3 N–H and O–H groups in total. The highest BCUT2D eigenvalue weighted by molar-refractivity contribution is 14.0. The van der Waals surface area contributed by atoms with Crippen LogP contribution in [-0.4, -0.2) is 56.2 Å². The fourth-order valence-electron chi connectivity index (χ4n) is 3.98. The van der Waals surface area contributed by atoms with Gasteiger partial charge in [-0.2, -0.15) is 0 Å². The third-order valence-electron chi connectivity index (χ3n) is 5.37. The van der Waals surface area contributed by atoms with Crippen LogP contribution in [0.1, 0.15) is 38.5 Å². The van der Waals surface area contributed by atoms with Gasteiger partial charge in [-0.3, -0.25) is 9.89 Å². The summed E-state index contributed by atoms with van der Waals surface area (Å²) in [5.41, 5.74) is 1.18. The van der Waals surface area contributed by atoms with Gasteiger partial charge >= 0.3 is 0 Å². The molecule has 1 heterocycles. The second-order valence-corrected chi connectivity index (χ2v) is 7.21. The first-order valence-electron chi connectivity index (χ1n) is 9.85. The zero-order valence-corrected chi connectivity index (χ0v) is 18.2. The van der Waals surface area contributed by atoms with Gasteiger partial charge in [0.25, 0.3) is 0 Å². The SMILES string of the molecule is CN=C(NCCCNc1ccccc1)NC1CCN(C2CCCC2)C1.I. The number of guanidine groups is 1. The Morgan fingerprint density at radius 1 is 1.12 bits per heavy atom. The van der Waals surface area contributed by atoms with E-state index < -0.39 is 0 Å². The van der Waals surface area contributed by atoms with Crippen molar-refractivity contribution in [2.45, 2.75) is 50.6 Å². The van der Waals surface area contributed by atoms with Gasteiger partial charge in [-0.15, -0.1) is 24.0 Å². The van der Waals surface area contributed by atoms with Crippen LogP contribution in [0.5, 0.6) is 0 Å². The van der Waals surface area contributed by atoms with Crippen molar-refractivity contribution in [3.8, 4) is 0 Å². The van der Waals surface area contributed by atoms with Crippen molar-refractivity contribution in [2.75, 3.05) is 38.5 Å². The first-order valence-corrected chi connectivity index (χ1v) is 9.85. The number of anilines is 1. The lowest BCUT2D eigenvalue weighted by molar-refractivity contribution is 0.242. The van der Waals surface area contributed by atoms with Crippen LogP contribution in [0.4, 0.5) is 5.69 Å². The highest BCUT2D eigenvalue weighted by Crippen LogP contribution is 2.26. The van der Waals surface area contributed by atoms with Crippen LogP contribution in [0.2, 0.25) is 0 Å². The number of para-hydroxylation sites is 1. The van der Waals surface area contributed by atoms with Gasteiger partial charge in [-0.05, 0) is 37.8 Å². The second kappa shape index (κ2) is 11.6. The van der Waals surface area contributed by atoms with Gasteiger partial charge < -0.3 is 16.0 Å². The molecule has 5 nitrogen and oxygen atoms in total. The fraction of sp³-hybridized carbons (Fsp3) is 0.650. The zero-order chi connectivity index (χ0) is 17.3. The molecule has 2 fully saturated rings. The molecule has 1 saturated heterocycles. The summed E-state index contributed by atoms with van der Waals surface area (Å²) in [6.07, 6.45) is 7.92. The number of nitrogens with one attached hydrogen (secondary N) is 3. The number of rotatable bonds is 7. The Kier molecular flexibility index (Phi) is 9.53. The molecule has 1 atom stereocenters. The number of hydrogen-bond acceptors (Lipinski definition) is 3. The average Bonchev–Trinajstić information content (AvgIpc) is 3.33. The minimum absolute atomic E-state index is 0. The minimum Gasteiger partial charge on any atom is -0.385 e. The lowest BCUT2D eigenvalue weighted by atomic mass is 10.2. The molecule has 146 valence electrons. The molecule has 3 rings (SSSR count). The van der Waals surface area contributed by atoms with E-state index in [4.69, 9.17) is 0 Å². The molecule has 1 aliphatic carbocycles. The number of hydrogen-bond donors (Lipinski definition) is 3. The molecule has 0 bridgehead atoms. The molecule has 0 radical (unpaired) electrons. The average molecular weight is 471 g/mol. The Morgan fingerprint density at radius 2 is 1.88 bits per heavy atom. The molecule has 1 aromatic rings. The van der Waals surface area contributed by atoms with Crippen molar-refractivity contribution < 1.29 is 0 Å². The van der Waals surface area contributed by atoms with E-state index in [0.29, 0.717) is 6.04 Å². The first-order chi connectivity index (χ1) is 12.3. The predicted molar refractivity (Wildman–Crippen MR) is 122 cm³/mol. The van der Waals surface area contributed by atoms with E-state index in [2.05, 4.69) is 50.1 Å². The Labute approximate surface area is 175 Å². The largest absolute Gasteiger partial charge is 0.385 e. The van der Waals surface area contributed by atoms with Gasteiger partial charge in [-0.25, -0.2) is 0 Å². The zero-order valence-electron chi connectivity index (χ0n) is 15.9. The maximum absolute atomic E-state index is 4.39. The van der Waals surface area contributed by atoms with Crippen LogP contribution in [-0.2, 0) is 0 Å². The van der Waals surface area contributed by atoms with Crippen LogP contribution in [0.25, 0.3) is 0 Å². The van der Waals surface area contributed by atoms with Gasteiger partial charge in [0.05, 0.1) is 0 Å². The maximum Gasteiger partial charge on any atom is 0.191 e. The number of aliphatic imine (C=N–C) groups is 1. The number of benzene rings is 1. The van der Waals surface area contributed by atoms with E-state index in [0.717, 1.165) is 31.5 Å². The normalized spacial score (nSPS) is 21.4. The molecule has 1 aliphatic heterocycles. The Morgan fingerprint density at radius 3 is 2.62 bits per heavy atom. The van der Waals surface area contributed by atoms with Crippen LogP contribution in [0, 0.1) is 0 Å². The summed E-state index contributed by atoms with van der Waals surface area (Å²) in [6.45, 7) is 4.30. The molecule has 1 aromatic carbocycles. The summed E-state index contributed by atoms with van der Waals surface area (Å²) in [4.78, 5) is 7.07. The summed E-state index contributed by atoms with van der Waals surface area (Å²) in [5, 5.41) is 10.5. The molecule has 6 heteroatoms. The quantitative estimate of drug-likeness (QED) is 0.247. The molecule has 0 aromatic heterocycles. The summed E-state index contributed by atoms with van der Waals surface area (Å²) < 4.78 is 0. The lowest BCUT2D eigenvalue weighted by Gasteiger charge is -2.24. The van der Waals surface area contributed by atoms with E-state index in [9.17, 15) is 0 Å². The summed E-state index contributed by atoms with van der Waals surface area (Å²) in [7, 11) is 1.86. The van der Waals surface area contributed by atoms with Crippen molar-refractivity contribution in [2.24, 2.45) is 4.99 Å². The van der Waals surface area contributed by atoms with Crippen molar-refractivity contribution in [3.63, 3.8) is 0 Å². The standard InChI is InChI=1S/C20H33N5.HI/c1-21-20(23-14-7-13-22-17-8-3-2-4-9-17)24-18-12-15-25(16-18)19-10-5-6-11-19;/h2-4,8-9,18-19,22H,5-7,10-16H2,1H3,(H2,21,23,24);1H. The lowest BCUT2D eigenvalue weighted by Crippen LogP contribution is -2.45. The highest BCUT2D eigenvalue weighted by Gasteiger charge is 2.30. The van der Waals surface area contributed by atoms with Crippen molar-refractivity contribution in [1.29, 1.82) is 0 Å². The van der Waals surface area contributed by atoms with Crippen molar-refractivity contribution >= 4 is 35.6 Å². The number of nitrogens with zero attached hydrogens (tertiary/aromatic N) is 2. The molecular formula is C20H34IN5. The van der Waals surface area contributed by atoms with Gasteiger partial charge in [0, 0.05) is 51.0 Å². The van der Waals surface area contributed by atoms with Gasteiger partial charge in [0.1, 0.15) is 0 Å². The minimum atomic E-state index is 0. The third kappa shape index (κ3) is 6.61. The Balaban J connectivity index is 0.00000243. The molecular weight excluding hydrogens is 437 g/mol. The summed E-state index contributed by atoms with van der Waals surface area (Å²) in [6, 6.07) is 11.7.